The molecule has 0 saturated carbocycles. The van der Waals surface area contributed by atoms with Gasteiger partial charge in [-0.1, -0.05) is 51.0 Å². The number of benzene rings is 3. The molecule has 0 N–H and O–H groups in total. The van der Waals surface area contributed by atoms with E-state index < -0.39 is 0 Å². The van der Waals surface area contributed by atoms with E-state index in [-0.39, 0.29) is 30.5 Å². The van der Waals surface area contributed by atoms with Gasteiger partial charge in [0.2, 0.25) is 0 Å². The molecule has 6 heteroatoms. The van der Waals surface area contributed by atoms with Gasteiger partial charge in [0.15, 0.2) is 0 Å². The van der Waals surface area contributed by atoms with E-state index in [0.29, 0.717) is 0 Å². The van der Waals surface area contributed by atoms with Crippen LogP contribution in [0.4, 0.5) is 17.1 Å². The molecular formula is C36H46BNO4. The van der Waals surface area contributed by atoms with Crippen LogP contribution in [0.5, 0.6) is 0 Å². The van der Waals surface area contributed by atoms with Gasteiger partial charge < -0.3 is 23.7 Å². The third-order valence-electron chi connectivity index (χ3n) is 9.58. The Morgan fingerprint density at radius 1 is 0.690 bits per heavy atom. The molecule has 1 fully saturated rings. The molecule has 0 bridgehead atoms. The van der Waals surface area contributed by atoms with Crippen molar-refractivity contribution < 1.29 is 18.8 Å². The highest BCUT2D eigenvalue weighted by atomic mass is 16.7. The lowest BCUT2D eigenvalue weighted by molar-refractivity contribution is 0.00578. The molecular weight excluding hydrogens is 521 g/mol. The molecule has 0 spiro atoms. The Balaban J connectivity index is 1.28. The summed E-state index contributed by atoms with van der Waals surface area (Å²) in [5, 5.41) is 0. The molecule has 3 aromatic rings. The van der Waals surface area contributed by atoms with Gasteiger partial charge in [-0.05, 0) is 105 Å². The van der Waals surface area contributed by atoms with E-state index in [0.717, 1.165) is 62.9 Å². The minimum atomic E-state index is -0.375. The number of unbranched alkanes of at least 4 members (excludes halogenated alkanes) is 2. The third-order valence-corrected chi connectivity index (χ3v) is 9.58. The molecule has 0 amide bonds. The lowest BCUT2D eigenvalue weighted by Crippen LogP contribution is -2.41. The fraction of sp³-hybridized carbons (Fsp3) is 0.500. The molecule has 0 aromatic heterocycles. The maximum atomic E-state index is 6.32. The molecule has 42 heavy (non-hydrogen) atoms. The van der Waals surface area contributed by atoms with Gasteiger partial charge >= 0.3 is 7.12 Å². The summed E-state index contributed by atoms with van der Waals surface area (Å²) < 4.78 is 24.9. The highest BCUT2D eigenvalue weighted by Crippen LogP contribution is 2.45. The Hall–Kier alpha value is -2.64. The summed E-state index contributed by atoms with van der Waals surface area (Å²) in [7, 11) is -0.375. The van der Waals surface area contributed by atoms with Crippen molar-refractivity contribution in [1.29, 1.82) is 0 Å². The van der Waals surface area contributed by atoms with Crippen LogP contribution in [0.3, 0.4) is 0 Å². The molecule has 3 aromatic carbocycles. The van der Waals surface area contributed by atoms with Crippen molar-refractivity contribution in [3.63, 3.8) is 0 Å². The molecule has 5 nitrogen and oxygen atoms in total. The summed E-state index contributed by atoms with van der Waals surface area (Å²) in [5.74, 6) is 0. The molecule has 0 radical (unpaired) electrons. The van der Waals surface area contributed by atoms with E-state index in [9.17, 15) is 0 Å². The van der Waals surface area contributed by atoms with Crippen LogP contribution in [-0.4, -0.2) is 31.5 Å². The first-order valence-electron chi connectivity index (χ1n) is 16.0. The zero-order valence-corrected chi connectivity index (χ0v) is 26.2. The predicted octanol–water partition coefficient (Wildman–Crippen LogP) is 8.28. The van der Waals surface area contributed by atoms with Crippen LogP contribution in [-0.2, 0) is 31.6 Å². The first kappa shape index (κ1) is 29.4. The zero-order chi connectivity index (χ0) is 29.5. The SMILES string of the molecule is CCCCOC1Cc2cc(N(c3ccc(B4OC(C)(C)C(C)(C)O4)cc3)c3ccc4c(c3)CC4OCCCC)ccc21. The number of hydrogen-bond donors (Lipinski definition) is 0. The molecule has 6 rings (SSSR count). The summed E-state index contributed by atoms with van der Waals surface area (Å²) in [5.41, 5.74) is 9.16. The second-order valence-corrected chi connectivity index (χ2v) is 13.1. The van der Waals surface area contributed by atoms with Gasteiger partial charge in [-0.15, -0.1) is 0 Å². The smallest absolute Gasteiger partial charge is 0.399 e. The third kappa shape index (κ3) is 5.55. The monoisotopic (exact) mass is 567 g/mol. The first-order valence-corrected chi connectivity index (χ1v) is 16.0. The summed E-state index contributed by atoms with van der Waals surface area (Å²) >= 11 is 0. The number of rotatable bonds is 12. The van der Waals surface area contributed by atoms with Crippen LogP contribution in [0.25, 0.3) is 0 Å². The summed E-state index contributed by atoms with van der Waals surface area (Å²) in [6.45, 7) is 14.5. The maximum absolute atomic E-state index is 6.32. The van der Waals surface area contributed by atoms with E-state index in [1.54, 1.807) is 0 Å². The fourth-order valence-corrected chi connectivity index (χ4v) is 6.05. The zero-order valence-electron chi connectivity index (χ0n) is 26.2. The van der Waals surface area contributed by atoms with Gasteiger partial charge in [-0.25, -0.2) is 0 Å². The molecule has 222 valence electrons. The highest BCUT2D eigenvalue weighted by molar-refractivity contribution is 6.62. The van der Waals surface area contributed by atoms with Gasteiger partial charge in [0.1, 0.15) is 0 Å². The molecule has 2 atom stereocenters. The first-order chi connectivity index (χ1) is 20.2. The molecule has 3 aliphatic rings. The highest BCUT2D eigenvalue weighted by Gasteiger charge is 2.51. The molecule has 2 unspecified atom stereocenters. The maximum Gasteiger partial charge on any atom is 0.494 e. The fourth-order valence-electron chi connectivity index (χ4n) is 6.05. The van der Waals surface area contributed by atoms with Gasteiger partial charge in [0, 0.05) is 43.1 Å². The topological polar surface area (TPSA) is 40.2 Å². The minimum Gasteiger partial charge on any atom is -0.399 e. The van der Waals surface area contributed by atoms with Crippen LogP contribution >= 0.6 is 0 Å². The average Bonchev–Trinajstić information content (AvgIpc) is 3.16. The quantitative estimate of drug-likeness (QED) is 0.163. The largest absolute Gasteiger partial charge is 0.494 e. The van der Waals surface area contributed by atoms with Gasteiger partial charge in [-0.2, -0.15) is 0 Å². The average molecular weight is 568 g/mol. The van der Waals surface area contributed by atoms with E-state index in [2.05, 4.69) is 107 Å². The minimum absolute atomic E-state index is 0.231. The Kier molecular flexibility index (Phi) is 8.27. The van der Waals surface area contributed by atoms with Crippen LogP contribution in [0.2, 0.25) is 0 Å². The van der Waals surface area contributed by atoms with Gasteiger partial charge in [0.05, 0.1) is 23.4 Å². The second kappa shape index (κ2) is 11.8. The Morgan fingerprint density at radius 2 is 1.14 bits per heavy atom. The molecule has 1 aliphatic heterocycles. The normalized spacial score (nSPS) is 21.3. The number of hydrogen-bond acceptors (Lipinski definition) is 5. The van der Waals surface area contributed by atoms with Crippen molar-refractivity contribution in [1.82, 2.24) is 0 Å². The summed E-state index contributed by atoms with van der Waals surface area (Å²) in [6.07, 6.45) is 6.96. The molecule has 1 saturated heterocycles. The van der Waals surface area contributed by atoms with E-state index >= 15 is 0 Å². The second-order valence-electron chi connectivity index (χ2n) is 13.1. The van der Waals surface area contributed by atoms with Crippen LogP contribution in [0, 0.1) is 0 Å². The van der Waals surface area contributed by atoms with Crippen molar-refractivity contribution >= 4 is 29.6 Å². The van der Waals surface area contributed by atoms with E-state index in [1.165, 1.54) is 33.6 Å². The lowest BCUT2D eigenvalue weighted by atomic mass is 9.79. The van der Waals surface area contributed by atoms with Crippen LogP contribution in [0.1, 0.15) is 102 Å². The Labute approximate surface area is 252 Å². The van der Waals surface area contributed by atoms with Gasteiger partial charge in [-0.3, -0.25) is 0 Å². The number of nitrogens with zero attached hydrogens (tertiary/aromatic N) is 1. The van der Waals surface area contributed by atoms with Crippen molar-refractivity contribution in [2.45, 2.75) is 103 Å². The van der Waals surface area contributed by atoms with Crippen molar-refractivity contribution in [2.75, 3.05) is 18.1 Å². The van der Waals surface area contributed by atoms with Gasteiger partial charge in [0.25, 0.3) is 0 Å². The Bertz CT molecular complexity index is 1320. The lowest BCUT2D eigenvalue weighted by Gasteiger charge is -2.35. The molecule has 2 aliphatic carbocycles. The van der Waals surface area contributed by atoms with E-state index in [4.69, 9.17) is 18.8 Å². The van der Waals surface area contributed by atoms with Crippen molar-refractivity contribution in [3.05, 3.63) is 82.9 Å². The van der Waals surface area contributed by atoms with Crippen LogP contribution in [0.15, 0.2) is 60.7 Å². The van der Waals surface area contributed by atoms with Crippen LogP contribution < -0.4 is 10.4 Å². The van der Waals surface area contributed by atoms with E-state index in [1.807, 2.05) is 0 Å². The van der Waals surface area contributed by atoms with Crippen molar-refractivity contribution in [3.8, 4) is 0 Å². The number of ether oxygens (including phenoxy) is 2. The summed E-state index contributed by atoms with van der Waals surface area (Å²) in [4.78, 5) is 2.37. The standard InChI is InChI=1S/C36H46BNO4/c1-7-9-19-39-33-23-25-21-29(15-17-31(25)33)38(30-16-18-32-26(22-30)24-34(32)40-20-10-8-2)28-13-11-27(12-14-28)37-41-35(3,4)36(5,6)42-37/h11-18,21-22,33-34H,7-10,19-20,23-24H2,1-6H3. The molecule has 1 heterocycles. The van der Waals surface area contributed by atoms with Crippen molar-refractivity contribution in [2.24, 2.45) is 0 Å². The summed E-state index contributed by atoms with van der Waals surface area (Å²) in [6, 6.07) is 22.3. The predicted molar refractivity (Wildman–Crippen MR) is 171 cm³/mol. The number of fused-ring (bicyclic) bond motifs is 2. The number of anilines is 3. The Morgan fingerprint density at radius 3 is 1.57 bits per heavy atom.